The molecule has 2 fully saturated rings. The molecule has 2 saturated heterocycles. The number of ketones is 1. The third-order valence-electron chi connectivity index (χ3n) is 9.49. The van der Waals surface area contributed by atoms with Crippen molar-refractivity contribution in [1.29, 1.82) is 0 Å². The summed E-state index contributed by atoms with van der Waals surface area (Å²) in [7, 11) is -2.54. The number of hydrogen-bond donors (Lipinski definition) is 6. The Kier molecular flexibility index (Phi) is 18.5. The molecular formula is C39H54N6O8S3. The lowest BCUT2D eigenvalue weighted by molar-refractivity contribution is -0.123. The first kappa shape index (κ1) is 44.6. The summed E-state index contributed by atoms with van der Waals surface area (Å²) in [6.45, 7) is 1.08. The van der Waals surface area contributed by atoms with Crippen LogP contribution in [0.1, 0.15) is 96.9 Å². The molecule has 0 bridgehead atoms. The second kappa shape index (κ2) is 23.2. The Balaban J connectivity index is 1.08. The van der Waals surface area contributed by atoms with E-state index in [1.165, 1.54) is 12.1 Å². The van der Waals surface area contributed by atoms with Gasteiger partial charge in [0, 0.05) is 72.2 Å². The minimum Gasteiger partial charge on any atom is -0.356 e. The molecule has 0 spiro atoms. The monoisotopic (exact) mass is 830 g/mol. The second-order valence-corrected chi connectivity index (χ2v) is 19.8. The smallest absolute Gasteiger partial charge is 0.315 e. The van der Waals surface area contributed by atoms with Crippen LogP contribution in [-0.4, -0.2) is 105 Å². The van der Waals surface area contributed by atoms with E-state index in [0.717, 1.165) is 54.9 Å². The fourth-order valence-electron chi connectivity index (χ4n) is 6.50. The van der Waals surface area contributed by atoms with E-state index in [2.05, 4.69) is 31.9 Å². The van der Waals surface area contributed by atoms with Gasteiger partial charge in [-0.3, -0.25) is 24.0 Å². The van der Waals surface area contributed by atoms with Crippen molar-refractivity contribution >= 4 is 66.9 Å². The summed E-state index contributed by atoms with van der Waals surface area (Å²) >= 11 is 1.88. The molecular weight excluding hydrogens is 777 g/mol. The van der Waals surface area contributed by atoms with Crippen LogP contribution in [0.25, 0.3) is 0 Å². The van der Waals surface area contributed by atoms with E-state index in [4.69, 9.17) is 0 Å². The highest BCUT2D eigenvalue weighted by atomic mass is 33.1. The van der Waals surface area contributed by atoms with Gasteiger partial charge in [0.05, 0.1) is 12.1 Å². The van der Waals surface area contributed by atoms with Gasteiger partial charge < -0.3 is 31.9 Å². The number of thioether (sulfide) groups is 1. The first-order chi connectivity index (χ1) is 26.9. The number of unbranched alkanes of at least 4 members (excludes halogenated alkanes) is 4. The van der Waals surface area contributed by atoms with E-state index in [-0.39, 0.29) is 53.6 Å². The number of hydrogen-bond acceptors (Lipinski definition) is 10. The summed E-state index contributed by atoms with van der Waals surface area (Å²) in [6.07, 6.45) is 8.35. The molecule has 0 aliphatic carbocycles. The van der Waals surface area contributed by atoms with E-state index < -0.39 is 26.7 Å². The lowest BCUT2D eigenvalue weighted by atomic mass is 10.0. The highest BCUT2D eigenvalue weighted by Crippen LogP contribution is 2.33. The molecule has 4 rings (SSSR count). The zero-order valence-electron chi connectivity index (χ0n) is 31.8. The van der Waals surface area contributed by atoms with Crippen molar-refractivity contribution in [3.8, 4) is 0 Å². The summed E-state index contributed by atoms with van der Waals surface area (Å²) in [5.74, 6) is -0.0634. The van der Waals surface area contributed by atoms with Crippen LogP contribution < -0.4 is 31.9 Å². The van der Waals surface area contributed by atoms with Crippen LogP contribution in [0.5, 0.6) is 0 Å². The summed E-state index contributed by atoms with van der Waals surface area (Å²) in [6, 6.07) is 14.4. The minimum absolute atomic E-state index is 0.0339. The number of nitrogens with one attached hydrogen (secondary N) is 6. The number of carbonyl (C=O) groups is 6. The molecule has 17 heteroatoms. The summed E-state index contributed by atoms with van der Waals surface area (Å²) in [5, 5.41) is 17.7. The van der Waals surface area contributed by atoms with Gasteiger partial charge in [0.1, 0.15) is 6.04 Å². The van der Waals surface area contributed by atoms with Gasteiger partial charge in [0.15, 0.2) is 14.7 Å². The van der Waals surface area contributed by atoms with E-state index in [1.54, 1.807) is 36.4 Å². The van der Waals surface area contributed by atoms with Crippen molar-refractivity contribution in [1.82, 2.24) is 31.9 Å². The molecule has 2 aromatic rings. The Morgan fingerprint density at radius 3 is 2.07 bits per heavy atom. The zero-order chi connectivity index (χ0) is 40.3. The van der Waals surface area contributed by atoms with Crippen LogP contribution in [0.2, 0.25) is 0 Å². The highest BCUT2D eigenvalue weighted by molar-refractivity contribution is 8.71. The van der Waals surface area contributed by atoms with Crippen LogP contribution in [0.4, 0.5) is 4.79 Å². The Labute approximate surface area is 337 Å². The molecule has 14 nitrogen and oxygen atoms in total. The standard InChI is InChI=1S/C39H54N6O8S3/c1-56(52,53)55-25-24-42-38(50)30(43-37(49)29-20-18-28(19-21-29)36(48)27-12-4-2-5-13-27)14-9-11-23-41-33(46)16-6-3-10-22-40-34(47)17-8-7-15-32-35-31(26-54-32)44-39(51)45-35/h2,4-5,12-13,18-21,30-32,35H,3,6-11,14-17,22-26H2,1H3,(H,40,47)(H,41,46)(H,42,50)(H,43,49)(H2,44,45,51)/t30-,31?,32-,35?/m1/s1. The number of amides is 6. The molecule has 2 aromatic carbocycles. The lowest BCUT2D eigenvalue weighted by Gasteiger charge is -2.19. The molecule has 2 aliphatic rings. The van der Waals surface area contributed by atoms with E-state index in [0.29, 0.717) is 68.0 Å². The van der Waals surface area contributed by atoms with Gasteiger partial charge in [-0.05, 0) is 67.9 Å². The molecule has 2 heterocycles. The Morgan fingerprint density at radius 2 is 1.39 bits per heavy atom. The fraction of sp³-hybridized carbons (Fsp3) is 0.538. The first-order valence-electron chi connectivity index (χ1n) is 19.2. The van der Waals surface area contributed by atoms with Crippen LogP contribution in [-0.2, 0) is 23.3 Å². The third kappa shape index (κ3) is 15.8. The SMILES string of the molecule is CS(=O)(=O)SCCNC(=O)[C@@H](CCCCNC(=O)CCCCCNC(=O)CCCC[C@H]1SCC2NC(=O)NC21)NC(=O)c1ccc(C(=O)c2ccccc2)cc1. The van der Waals surface area contributed by atoms with E-state index >= 15 is 0 Å². The maximum atomic E-state index is 13.1. The zero-order valence-corrected chi connectivity index (χ0v) is 34.3. The van der Waals surface area contributed by atoms with Crippen molar-refractivity contribution in [2.75, 3.05) is 37.4 Å². The average Bonchev–Trinajstić information content (AvgIpc) is 3.74. The third-order valence-corrected chi connectivity index (χ3v) is 13.6. The largest absolute Gasteiger partial charge is 0.356 e. The van der Waals surface area contributed by atoms with Gasteiger partial charge in [0.25, 0.3) is 5.91 Å². The number of carbonyl (C=O) groups excluding carboxylic acids is 6. The molecule has 6 amide bonds. The van der Waals surface area contributed by atoms with Crippen LogP contribution in [0, 0.1) is 0 Å². The predicted molar refractivity (Wildman–Crippen MR) is 220 cm³/mol. The Morgan fingerprint density at radius 1 is 0.768 bits per heavy atom. The lowest BCUT2D eigenvalue weighted by Crippen LogP contribution is -2.47. The van der Waals surface area contributed by atoms with Crippen molar-refractivity contribution in [2.45, 2.75) is 94.0 Å². The topological polar surface area (TPSA) is 209 Å². The van der Waals surface area contributed by atoms with Crippen molar-refractivity contribution in [3.05, 3.63) is 71.3 Å². The van der Waals surface area contributed by atoms with Crippen LogP contribution >= 0.6 is 22.6 Å². The van der Waals surface area contributed by atoms with Crippen LogP contribution in [0.3, 0.4) is 0 Å². The molecule has 2 aliphatic heterocycles. The number of fused-ring (bicyclic) bond motifs is 1. The Bertz CT molecular complexity index is 1750. The van der Waals surface area contributed by atoms with E-state index in [9.17, 15) is 37.2 Å². The average molecular weight is 831 g/mol. The van der Waals surface area contributed by atoms with Crippen LogP contribution in [0.15, 0.2) is 54.6 Å². The van der Waals surface area contributed by atoms with Gasteiger partial charge in [-0.1, -0.05) is 55.3 Å². The molecule has 306 valence electrons. The van der Waals surface area contributed by atoms with Crippen molar-refractivity contribution in [3.63, 3.8) is 0 Å². The molecule has 0 radical (unpaired) electrons. The highest BCUT2D eigenvalue weighted by Gasteiger charge is 2.42. The molecule has 0 aromatic heterocycles. The first-order valence-corrected chi connectivity index (χ1v) is 23.7. The van der Waals surface area contributed by atoms with Gasteiger partial charge >= 0.3 is 6.03 Å². The van der Waals surface area contributed by atoms with Gasteiger partial charge in [-0.25, -0.2) is 13.2 Å². The fourth-order valence-corrected chi connectivity index (χ4v) is 9.69. The quantitative estimate of drug-likeness (QED) is 0.0372. The summed E-state index contributed by atoms with van der Waals surface area (Å²) in [5.41, 5.74) is 1.23. The number of urea groups is 1. The maximum Gasteiger partial charge on any atom is 0.315 e. The number of rotatable bonds is 25. The van der Waals surface area contributed by atoms with Crippen molar-refractivity contribution < 1.29 is 37.2 Å². The predicted octanol–water partition coefficient (Wildman–Crippen LogP) is 3.51. The van der Waals surface area contributed by atoms with Gasteiger partial charge in [0.2, 0.25) is 17.7 Å². The van der Waals surface area contributed by atoms with Crippen molar-refractivity contribution in [2.24, 2.45) is 0 Å². The normalized spacial score (nSPS) is 17.9. The maximum absolute atomic E-state index is 13.1. The van der Waals surface area contributed by atoms with E-state index in [1.807, 2.05) is 17.8 Å². The van der Waals surface area contributed by atoms with Gasteiger partial charge in [-0.15, -0.1) is 0 Å². The molecule has 56 heavy (non-hydrogen) atoms. The molecule has 0 saturated carbocycles. The Hall–Kier alpha value is -4.09. The second-order valence-electron chi connectivity index (χ2n) is 14.0. The number of benzene rings is 2. The molecule has 6 N–H and O–H groups in total. The summed E-state index contributed by atoms with van der Waals surface area (Å²) < 4.78 is 22.9. The summed E-state index contributed by atoms with van der Waals surface area (Å²) in [4.78, 5) is 75.1. The van der Waals surface area contributed by atoms with Gasteiger partial charge in [-0.2, -0.15) is 11.8 Å². The molecule has 4 atom stereocenters. The minimum atomic E-state index is -3.26. The molecule has 2 unspecified atom stereocenters.